The summed E-state index contributed by atoms with van der Waals surface area (Å²) in [6.07, 6.45) is 8.76. The molecule has 5 amide bonds. The number of ether oxygens (including phenoxy) is 2. The number of hydrogen-bond acceptors (Lipinski definition) is 10. The number of para-hydroxylation sites is 1. The summed E-state index contributed by atoms with van der Waals surface area (Å²) in [6.45, 7) is 4.90. The van der Waals surface area contributed by atoms with Crippen molar-refractivity contribution < 1.29 is 37.4 Å². The van der Waals surface area contributed by atoms with Crippen molar-refractivity contribution in [2.45, 2.75) is 63.7 Å². The third kappa shape index (κ3) is 8.72. The van der Waals surface area contributed by atoms with Crippen molar-refractivity contribution in [3.8, 4) is 28.1 Å². The van der Waals surface area contributed by atoms with Crippen molar-refractivity contribution in [1.29, 1.82) is 0 Å². The fourth-order valence-corrected chi connectivity index (χ4v) is 8.67. The Kier molecular flexibility index (Phi) is 11.9. The topological polar surface area (TPSA) is 164 Å². The molecule has 1 unspecified atom stereocenters. The lowest BCUT2D eigenvalue weighted by molar-refractivity contribution is -0.136. The van der Waals surface area contributed by atoms with Crippen molar-refractivity contribution in [3.05, 3.63) is 95.4 Å². The summed E-state index contributed by atoms with van der Waals surface area (Å²) in [7, 11) is 0. The minimum absolute atomic E-state index is 0.0404. The normalized spacial score (nSPS) is 18.6. The second kappa shape index (κ2) is 17.9. The second-order valence-corrected chi connectivity index (χ2v) is 16.2. The number of rotatable bonds is 12. The Morgan fingerprint density at radius 1 is 0.919 bits per heavy atom. The van der Waals surface area contributed by atoms with Crippen LogP contribution in [0.4, 0.5) is 13.6 Å². The number of likely N-dealkylation sites (tertiary alicyclic amines) is 1. The van der Waals surface area contributed by atoms with Crippen LogP contribution in [0, 0.1) is 11.6 Å². The van der Waals surface area contributed by atoms with Crippen LogP contribution in [0.15, 0.2) is 67.1 Å². The number of fused-ring (bicyclic) bond motifs is 2. The highest BCUT2D eigenvalue weighted by molar-refractivity contribution is 6.05. The Balaban J connectivity index is 0.734. The van der Waals surface area contributed by atoms with Crippen LogP contribution in [-0.2, 0) is 27.4 Å². The van der Waals surface area contributed by atoms with Gasteiger partial charge in [0, 0.05) is 80.7 Å². The predicted molar refractivity (Wildman–Crippen MR) is 223 cm³/mol. The molecule has 5 aromatic rings. The minimum atomic E-state index is -0.662. The van der Waals surface area contributed by atoms with Gasteiger partial charge >= 0.3 is 6.03 Å². The zero-order chi connectivity index (χ0) is 42.7. The first-order chi connectivity index (χ1) is 30.2. The van der Waals surface area contributed by atoms with E-state index < -0.39 is 23.6 Å². The van der Waals surface area contributed by atoms with Crippen LogP contribution >= 0.6 is 0 Å². The van der Waals surface area contributed by atoms with E-state index in [-0.39, 0.29) is 49.0 Å². The molecule has 17 heteroatoms. The number of hydrogen-bond donors (Lipinski definition) is 2. The second-order valence-electron chi connectivity index (χ2n) is 16.2. The molecule has 3 saturated heterocycles. The van der Waals surface area contributed by atoms with E-state index in [9.17, 15) is 19.2 Å². The van der Waals surface area contributed by atoms with E-state index in [1.54, 1.807) is 36.7 Å². The maximum absolute atomic E-state index is 15.4. The molecule has 0 aliphatic carbocycles. The quantitative estimate of drug-likeness (QED) is 0.126. The molecule has 15 nitrogen and oxygen atoms in total. The molecule has 6 heterocycles. The number of carbonyl (C=O) groups excluding carboxylic acids is 4. The molecule has 1 atom stereocenters. The summed E-state index contributed by atoms with van der Waals surface area (Å²) in [5.41, 5.74) is 4.81. The summed E-state index contributed by atoms with van der Waals surface area (Å²) < 4.78 is 44.0. The van der Waals surface area contributed by atoms with E-state index in [1.807, 2.05) is 32.8 Å². The first-order valence-electron chi connectivity index (χ1n) is 21.2. The van der Waals surface area contributed by atoms with Crippen LogP contribution < -0.4 is 15.4 Å². The molecule has 0 radical (unpaired) electrons. The Morgan fingerprint density at radius 2 is 1.73 bits per heavy atom. The first-order valence-corrected chi connectivity index (χ1v) is 21.2. The Hall–Kier alpha value is -6.33. The van der Waals surface area contributed by atoms with E-state index in [1.165, 1.54) is 17.0 Å². The van der Waals surface area contributed by atoms with Crippen LogP contribution in [0.3, 0.4) is 0 Å². The van der Waals surface area contributed by atoms with Gasteiger partial charge in [-0.25, -0.2) is 18.6 Å². The smallest absolute Gasteiger partial charge is 0.317 e. The SMILES string of the molecule is O=C1CCC(N2Cc3cc(OCCCCNC(=O)N4CCC(n5cc(-c6cnc7cccc(-c8cc(F)c(CN9CCOCC9)c(F)c8)c7n6)cn5)CC4)ccc3C2=O)C(=O)N1. The van der Waals surface area contributed by atoms with Crippen molar-refractivity contribution in [2.24, 2.45) is 0 Å². The number of unbranched alkanes of at least 4 members (excludes halogenated alkanes) is 1. The van der Waals surface area contributed by atoms with E-state index in [0.717, 1.165) is 30.4 Å². The van der Waals surface area contributed by atoms with Crippen LogP contribution in [-0.4, -0.2) is 117 Å². The highest BCUT2D eigenvalue weighted by Crippen LogP contribution is 2.33. The molecule has 2 aromatic heterocycles. The number of nitrogens with one attached hydrogen (secondary N) is 2. The molecule has 2 N–H and O–H groups in total. The van der Waals surface area contributed by atoms with Crippen molar-refractivity contribution in [3.63, 3.8) is 0 Å². The van der Waals surface area contributed by atoms with E-state index in [4.69, 9.17) is 14.5 Å². The van der Waals surface area contributed by atoms with Gasteiger partial charge in [-0.1, -0.05) is 12.1 Å². The molecule has 4 aliphatic rings. The Bertz CT molecular complexity index is 2500. The van der Waals surface area contributed by atoms with Gasteiger partial charge in [0.15, 0.2) is 0 Å². The molecule has 0 saturated carbocycles. The average molecular weight is 848 g/mol. The first kappa shape index (κ1) is 41.0. The number of benzene rings is 3. The number of aromatic nitrogens is 4. The number of halogens is 2. The monoisotopic (exact) mass is 847 g/mol. The van der Waals surface area contributed by atoms with Gasteiger partial charge in [-0.3, -0.25) is 34.3 Å². The number of nitrogens with zero attached hydrogens (tertiary/aromatic N) is 7. The number of carbonyl (C=O) groups is 4. The molecule has 0 spiro atoms. The molecule has 9 rings (SSSR count). The average Bonchev–Trinajstić information content (AvgIpc) is 3.91. The van der Waals surface area contributed by atoms with Crippen molar-refractivity contribution in [1.82, 2.24) is 45.1 Å². The summed E-state index contributed by atoms with van der Waals surface area (Å²) in [5, 5.41) is 9.98. The summed E-state index contributed by atoms with van der Waals surface area (Å²) in [6, 6.07) is 12.8. The fourth-order valence-electron chi connectivity index (χ4n) is 8.67. The third-order valence-corrected chi connectivity index (χ3v) is 12.1. The third-order valence-electron chi connectivity index (χ3n) is 12.1. The highest BCUT2D eigenvalue weighted by Gasteiger charge is 2.39. The summed E-state index contributed by atoms with van der Waals surface area (Å²) in [4.78, 5) is 64.7. The summed E-state index contributed by atoms with van der Waals surface area (Å²) >= 11 is 0. The van der Waals surface area contributed by atoms with Crippen LogP contribution in [0.1, 0.15) is 66.1 Å². The zero-order valence-electron chi connectivity index (χ0n) is 34.2. The van der Waals surface area contributed by atoms with Crippen LogP contribution in [0.25, 0.3) is 33.4 Å². The van der Waals surface area contributed by atoms with Gasteiger partial charge in [0.1, 0.15) is 23.4 Å². The van der Waals surface area contributed by atoms with Gasteiger partial charge in [-0.15, -0.1) is 0 Å². The van der Waals surface area contributed by atoms with Gasteiger partial charge in [0.25, 0.3) is 5.91 Å². The van der Waals surface area contributed by atoms with Gasteiger partial charge in [-0.2, -0.15) is 5.10 Å². The van der Waals surface area contributed by atoms with Gasteiger partial charge < -0.3 is 24.6 Å². The van der Waals surface area contributed by atoms with Gasteiger partial charge in [-0.05, 0) is 79.6 Å². The van der Waals surface area contributed by atoms with Crippen LogP contribution in [0.2, 0.25) is 0 Å². The Morgan fingerprint density at radius 3 is 2.52 bits per heavy atom. The fraction of sp³-hybridized carbons (Fsp3) is 0.400. The van der Waals surface area contributed by atoms with E-state index in [2.05, 4.69) is 20.7 Å². The number of morpholine rings is 1. The molecule has 322 valence electrons. The molecule has 3 aromatic carbocycles. The molecule has 0 bridgehead atoms. The van der Waals surface area contributed by atoms with Crippen molar-refractivity contribution in [2.75, 3.05) is 52.5 Å². The van der Waals surface area contributed by atoms with E-state index >= 15 is 8.78 Å². The lowest BCUT2D eigenvalue weighted by Gasteiger charge is -2.32. The highest BCUT2D eigenvalue weighted by atomic mass is 19.1. The van der Waals surface area contributed by atoms with Crippen molar-refractivity contribution >= 4 is 34.8 Å². The molecular formula is C45H47F2N9O6. The number of urea groups is 1. The van der Waals surface area contributed by atoms with E-state index in [0.29, 0.717) is 105 Å². The molecular weight excluding hydrogens is 801 g/mol. The number of piperidine rings is 2. The Labute approximate surface area is 356 Å². The molecule has 4 aliphatic heterocycles. The summed E-state index contributed by atoms with van der Waals surface area (Å²) in [5.74, 6) is -1.55. The molecule has 62 heavy (non-hydrogen) atoms. The number of imide groups is 1. The maximum atomic E-state index is 15.4. The van der Waals surface area contributed by atoms with Crippen LogP contribution in [0.5, 0.6) is 5.75 Å². The lowest BCUT2D eigenvalue weighted by atomic mass is 10.0. The largest absolute Gasteiger partial charge is 0.494 e. The standard InChI is InChI=1S/C45H47F2N9O6/c46-36-21-28(22-37(47)35(36)27-53-15-18-61-19-16-53)33-4-3-5-38-42(33)51-39(24-49-38)30-23-50-56(26-30)31-10-13-54(14-11-31)45(60)48-12-1-2-17-62-32-6-7-34-29(20-32)25-55(44(34)59)40-8-9-41(57)52-43(40)58/h3-7,20-24,26,31,40H,1-2,8-19,25,27H2,(H,48,60)(H,52,57,58). The number of amides is 5. The predicted octanol–water partition coefficient (Wildman–Crippen LogP) is 5.24. The minimum Gasteiger partial charge on any atom is -0.494 e. The van der Waals surface area contributed by atoms with Gasteiger partial charge in [0.2, 0.25) is 11.8 Å². The maximum Gasteiger partial charge on any atom is 0.317 e. The molecule has 3 fully saturated rings. The van der Waals surface area contributed by atoms with Gasteiger partial charge in [0.05, 0.1) is 55.0 Å². The zero-order valence-corrected chi connectivity index (χ0v) is 34.2. The lowest BCUT2D eigenvalue weighted by Crippen LogP contribution is -2.52.